The number of ether oxygens (including phenoxy) is 4. The summed E-state index contributed by atoms with van der Waals surface area (Å²) in [4.78, 5) is 1.93. The number of anilines is 1. The van der Waals surface area contributed by atoms with E-state index < -0.39 is 12.2 Å². The highest BCUT2D eigenvalue weighted by Crippen LogP contribution is 2.20. The summed E-state index contributed by atoms with van der Waals surface area (Å²) in [6.45, 7) is 2.83. The molecule has 0 saturated heterocycles. The number of hydrogen-bond acceptors (Lipinski definition) is 7. The number of methoxy groups -OCH3 is 2. The van der Waals surface area contributed by atoms with Crippen LogP contribution in [0.15, 0.2) is 72.8 Å². The van der Waals surface area contributed by atoms with E-state index in [0.29, 0.717) is 24.6 Å². The molecule has 34 heavy (non-hydrogen) atoms. The van der Waals surface area contributed by atoms with Gasteiger partial charge >= 0.3 is 0 Å². The summed E-state index contributed by atoms with van der Waals surface area (Å²) in [7, 11) is 3.21. The lowest BCUT2D eigenvalue weighted by Gasteiger charge is -2.29. The summed E-state index contributed by atoms with van der Waals surface area (Å²) in [5.74, 6) is 2.78. The zero-order chi connectivity index (χ0) is 24.3. The SMILES string of the molecule is COc1ccc(OC[C@H](O)CN(C[C@@H](O)COc2ccc(OC)cc2)c2ccc(C)cc2)cc1. The van der Waals surface area contributed by atoms with Crippen molar-refractivity contribution < 1.29 is 29.2 Å². The van der Waals surface area contributed by atoms with E-state index >= 15 is 0 Å². The fourth-order valence-electron chi connectivity index (χ4n) is 3.38. The van der Waals surface area contributed by atoms with Crippen molar-refractivity contribution in [1.29, 1.82) is 0 Å². The summed E-state index contributed by atoms with van der Waals surface area (Å²) >= 11 is 0. The van der Waals surface area contributed by atoms with E-state index in [1.165, 1.54) is 0 Å². The van der Waals surface area contributed by atoms with Crippen LogP contribution in [0.4, 0.5) is 5.69 Å². The van der Waals surface area contributed by atoms with Gasteiger partial charge in [-0.15, -0.1) is 0 Å². The summed E-state index contributed by atoms with van der Waals surface area (Å²) in [6, 6.07) is 22.4. The molecule has 0 bridgehead atoms. The second kappa shape index (κ2) is 12.7. The number of benzene rings is 3. The number of nitrogens with zero attached hydrogens (tertiary/aromatic N) is 1. The van der Waals surface area contributed by atoms with E-state index in [0.717, 1.165) is 22.7 Å². The number of aryl methyl sites for hydroxylation is 1. The van der Waals surface area contributed by atoms with Gasteiger partial charge in [-0.25, -0.2) is 0 Å². The summed E-state index contributed by atoms with van der Waals surface area (Å²) in [6.07, 6.45) is -1.53. The second-order valence-corrected chi connectivity index (χ2v) is 8.02. The highest BCUT2D eigenvalue weighted by Gasteiger charge is 2.18. The minimum atomic E-state index is -0.766. The highest BCUT2D eigenvalue weighted by molar-refractivity contribution is 5.48. The normalized spacial score (nSPS) is 12.5. The third-order valence-corrected chi connectivity index (χ3v) is 5.27. The van der Waals surface area contributed by atoms with Crippen molar-refractivity contribution in [3.63, 3.8) is 0 Å². The molecule has 3 aromatic carbocycles. The van der Waals surface area contributed by atoms with Crippen molar-refractivity contribution >= 4 is 5.69 Å². The van der Waals surface area contributed by atoms with E-state index in [1.807, 2.05) is 36.1 Å². The van der Waals surface area contributed by atoms with Gasteiger partial charge in [-0.1, -0.05) is 17.7 Å². The van der Waals surface area contributed by atoms with Gasteiger partial charge in [-0.3, -0.25) is 0 Å². The van der Waals surface area contributed by atoms with Crippen LogP contribution in [0.3, 0.4) is 0 Å². The maximum Gasteiger partial charge on any atom is 0.119 e. The number of hydrogen-bond donors (Lipinski definition) is 2. The Bertz CT molecular complexity index is 916. The molecular formula is C27H33NO6. The predicted molar refractivity (Wildman–Crippen MR) is 132 cm³/mol. The van der Waals surface area contributed by atoms with Gasteiger partial charge in [-0.05, 0) is 67.6 Å². The molecule has 0 spiro atoms. The Hall–Kier alpha value is -3.42. The van der Waals surface area contributed by atoms with E-state index in [1.54, 1.807) is 62.8 Å². The van der Waals surface area contributed by atoms with E-state index in [2.05, 4.69) is 0 Å². The molecule has 7 nitrogen and oxygen atoms in total. The minimum absolute atomic E-state index is 0.118. The molecule has 0 aliphatic heterocycles. The average Bonchev–Trinajstić information content (AvgIpc) is 2.87. The summed E-state index contributed by atoms with van der Waals surface area (Å²) in [5, 5.41) is 21.3. The van der Waals surface area contributed by atoms with Crippen LogP contribution in [0.5, 0.6) is 23.0 Å². The van der Waals surface area contributed by atoms with Gasteiger partial charge in [0.05, 0.1) is 14.2 Å². The quantitative estimate of drug-likeness (QED) is 0.397. The van der Waals surface area contributed by atoms with Crippen molar-refractivity contribution in [2.24, 2.45) is 0 Å². The molecule has 3 aromatic rings. The van der Waals surface area contributed by atoms with Crippen LogP contribution in [0.1, 0.15) is 5.56 Å². The lowest BCUT2D eigenvalue weighted by molar-refractivity contribution is 0.0954. The van der Waals surface area contributed by atoms with E-state index in [-0.39, 0.29) is 13.2 Å². The van der Waals surface area contributed by atoms with E-state index in [9.17, 15) is 10.2 Å². The maximum atomic E-state index is 10.7. The van der Waals surface area contributed by atoms with Gasteiger partial charge in [0, 0.05) is 18.8 Å². The fourth-order valence-corrected chi connectivity index (χ4v) is 3.38. The number of rotatable bonds is 13. The number of aliphatic hydroxyl groups excluding tert-OH is 2. The molecule has 0 aromatic heterocycles. The topological polar surface area (TPSA) is 80.6 Å². The first-order valence-electron chi connectivity index (χ1n) is 11.2. The molecule has 0 aliphatic rings. The van der Waals surface area contributed by atoms with Gasteiger partial charge < -0.3 is 34.1 Å². The number of aliphatic hydroxyl groups is 2. The predicted octanol–water partition coefficient (Wildman–Crippen LogP) is 3.70. The first-order valence-corrected chi connectivity index (χ1v) is 11.2. The Morgan fingerprint density at radius 3 is 1.38 bits per heavy atom. The van der Waals surface area contributed by atoms with Crippen LogP contribution in [0.2, 0.25) is 0 Å². The molecule has 2 atom stereocenters. The lowest BCUT2D eigenvalue weighted by Crippen LogP contribution is -2.41. The van der Waals surface area contributed by atoms with Crippen molar-refractivity contribution in [2.75, 3.05) is 45.4 Å². The van der Waals surface area contributed by atoms with Crippen LogP contribution in [-0.4, -0.2) is 62.9 Å². The molecule has 0 saturated carbocycles. The molecule has 7 heteroatoms. The molecular weight excluding hydrogens is 434 g/mol. The molecule has 0 aliphatic carbocycles. The zero-order valence-electron chi connectivity index (χ0n) is 19.9. The van der Waals surface area contributed by atoms with Crippen molar-refractivity contribution in [3.8, 4) is 23.0 Å². The summed E-state index contributed by atoms with van der Waals surface area (Å²) < 4.78 is 21.7. The average molecular weight is 468 g/mol. The maximum absolute atomic E-state index is 10.7. The minimum Gasteiger partial charge on any atom is -0.497 e. The van der Waals surface area contributed by atoms with Crippen molar-refractivity contribution in [3.05, 3.63) is 78.4 Å². The Morgan fingerprint density at radius 1 is 0.618 bits per heavy atom. The zero-order valence-corrected chi connectivity index (χ0v) is 19.9. The van der Waals surface area contributed by atoms with Crippen molar-refractivity contribution in [2.45, 2.75) is 19.1 Å². The molecule has 2 N–H and O–H groups in total. The first kappa shape index (κ1) is 25.2. The van der Waals surface area contributed by atoms with Gasteiger partial charge in [0.2, 0.25) is 0 Å². The smallest absolute Gasteiger partial charge is 0.119 e. The van der Waals surface area contributed by atoms with E-state index in [4.69, 9.17) is 18.9 Å². The van der Waals surface area contributed by atoms with Crippen molar-refractivity contribution in [1.82, 2.24) is 0 Å². The third-order valence-electron chi connectivity index (χ3n) is 5.27. The van der Waals surface area contributed by atoms with Crippen LogP contribution in [0.25, 0.3) is 0 Å². The van der Waals surface area contributed by atoms with Gasteiger partial charge in [0.1, 0.15) is 48.4 Å². The Labute approximate surface area is 201 Å². The molecule has 182 valence electrons. The second-order valence-electron chi connectivity index (χ2n) is 8.02. The van der Waals surface area contributed by atoms with Gasteiger partial charge in [0.15, 0.2) is 0 Å². The molecule has 0 amide bonds. The van der Waals surface area contributed by atoms with Crippen LogP contribution >= 0.6 is 0 Å². The molecule has 3 rings (SSSR count). The monoisotopic (exact) mass is 467 g/mol. The molecule has 0 radical (unpaired) electrons. The molecule has 0 unspecified atom stereocenters. The first-order chi connectivity index (χ1) is 16.5. The largest absolute Gasteiger partial charge is 0.497 e. The van der Waals surface area contributed by atoms with Gasteiger partial charge in [0.25, 0.3) is 0 Å². The van der Waals surface area contributed by atoms with Crippen LogP contribution in [0, 0.1) is 6.92 Å². The lowest BCUT2D eigenvalue weighted by atomic mass is 10.2. The summed E-state index contributed by atoms with van der Waals surface area (Å²) in [5.41, 5.74) is 2.04. The Balaban J connectivity index is 1.57. The Morgan fingerprint density at radius 2 is 1.00 bits per heavy atom. The van der Waals surface area contributed by atoms with Crippen LogP contribution in [-0.2, 0) is 0 Å². The molecule has 0 heterocycles. The molecule has 0 fully saturated rings. The Kier molecular flexibility index (Phi) is 9.43. The fraction of sp³-hybridized carbons (Fsp3) is 0.333. The standard InChI is InChI=1S/C27H33NO6/c1-20-4-6-21(7-5-20)28(16-22(29)18-33-26-12-8-24(31-2)9-13-26)17-23(30)19-34-27-14-10-25(32-3)11-15-27/h4-15,22-23,29-30H,16-19H2,1-3H3/t22-,23-/m1/s1. The third kappa shape index (κ3) is 7.86. The van der Waals surface area contributed by atoms with Crippen LogP contribution < -0.4 is 23.8 Å². The highest BCUT2D eigenvalue weighted by atomic mass is 16.5. The van der Waals surface area contributed by atoms with Gasteiger partial charge in [-0.2, -0.15) is 0 Å².